The molecule has 0 fully saturated rings. The van der Waals surface area contributed by atoms with Crippen molar-refractivity contribution in [2.24, 2.45) is 0 Å². The van der Waals surface area contributed by atoms with Gasteiger partial charge in [-0.25, -0.2) is 4.39 Å². The lowest BCUT2D eigenvalue weighted by atomic mass is 10.3. The maximum atomic E-state index is 13.0. The summed E-state index contributed by atoms with van der Waals surface area (Å²) < 4.78 is 18.5. The van der Waals surface area contributed by atoms with Crippen LogP contribution >= 0.6 is 15.9 Å². The number of nitro benzene ring substituents is 1. The SMILES string of the molecule is CNCCCOc1c(Br)cc(F)cc1[N+](=O)[O-]. The minimum absolute atomic E-state index is 0.0625. The standard InChI is InChI=1S/C10H12BrFN2O3/c1-13-3-2-4-17-10-8(11)5-7(12)6-9(10)14(15)16/h5-6,13H,2-4H2,1H3. The molecule has 5 nitrogen and oxygen atoms in total. The number of nitrogens with one attached hydrogen (secondary N) is 1. The number of rotatable bonds is 6. The van der Waals surface area contributed by atoms with E-state index in [1.54, 1.807) is 7.05 Å². The fourth-order valence-electron chi connectivity index (χ4n) is 1.25. The predicted molar refractivity (Wildman–Crippen MR) is 64.8 cm³/mol. The lowest BCUT2D eigenvalue weighted by molar-refractivity contribution is -0.386. The van der Waals surface area contributed by atoms with Crippen LogP contribution in [-0.2, 0) is 0 Å². The largest absolute Gasteiger partial charge is 0.486 e. The van der Waals surface area contributed by atoms with Crippen molar-refractivity contribution >= 4 is 21.6 Å². The fraction of sp³-hybridized carbons (Fsp3) is 0.400. The Kier molecular flexibility index (Phi) is 5.30. The van der Waals surface area contributed by atoms with Crippen LogP contribution in [0.4, 0.5) is 10.1 Å². The third-order valence-corrected chi connectivity index (χ3v) is 2.59. The first-order valence-corrected chi connectivity index (χ1v) is 5.76. The Morgan fingerprint density at radius 1 is 1.59 bits per heavy atom. The van der Waals surface area contributed by atoms with Gasteiger partial charge in [-0.1, -0.05) is 0 Å². The highest BCUT2D eigenvalue weighted by molar-refractivity contribution is 9.10. The average molecular weight is 307 g/mol. The molecular formula is C10H12BrFN2O3. The number of ether oxygens (including phenoxy) is 1. The quantitative estimate of drug-likeness (QED) is 0.498. The predicted octanol–water partition coefficient (Wildman–Crippen LogP) is 2.48. The normalized spacial score (nSPS) is 10.3. The van der Waals surface area contributed by atoms with Crippen LogP contribution in [0.5, 0.6) is 5.75 Å². The van der Waals surface area contributed by atoms with Crippen LogP contribution in [0.3, 0.4) is 0 Å². The molecule has 1 aromatic carbocycles. The van der Waals surface area contributed by atoms with Crippen molar-refractivity contribution in [2.75, 3.05) is 20.2 Å². The van der Waals surface area contributed by atoms with Crippen LogP contribution in [0.2, 0.25) is 0 Å². The maximum absolute atomic E-state index is 13.0. The number of benzene rings is 1. The molecule has 0 radical (unpaired) electrons. The van der Waals surface area contributed by atoms with Gasteiger partial charge in [-0.15, -0.1) is 0 Å². The van der Waals surface area contributed by atoms with Crippen LogP contribution < -0.4 is 10.1 Å². The van der Waals surface area contributed by atoms with E-state index in [9.17, 15) is 14.5 Å². The van der Waals surface area contributed by atoms with E-state index < -0.39 is 10.7 Å². The number of halogens is 2. The summed E-state index contributed by atoms with van der Waals surface area (Å²) in [5, 5.41) is 13.7. The van der Waals surface area contributed by atoms with Gasteiger partial charge >= 0.3 is 5.69 Å². The van der Waals surface area contributed by atoms with Gasteiger partial charge in [-0.3, -0.25) is 10.1 Å². The molecule has 0 aliphatic heterocycles. The Labute approximate surface area is 106 Å². The summed E-state index contributed by atoms with van der Waals surface area (Å²) >= 11 is 3.05. The number of nitrogens with zero attached hydrogens (tertiary/aromatic N) is 1. The Morgan fingerprint density at radius 2 is 2.29 bits per heavy atom. The first-order valence-electron chi connectivity index (χ1n) is 4.97. The molecule has 0 aromatic heterocycles. The highest BCUT2D eigenvalue weighted by Crippen LogP contribution is 2.35. The van der Waals surface area contributed by atoms with E-state index in [0.29, 0.717) is 13.0 Å². The summed E-state index contributed by atoms with van der Waals surface area (Å²) in [6, 6.07) is 1.98. The van der Waals surface area contributed by atoms with E-state index in [1.807, 2.05) is 0 Å². The highest BCUT2D eigenvalue weighted by atomic mass is 79.9. The summed E-state index contributed by atoms with van der Waals surface area (Å²) in [5.41, 5.74) is -0.374. The van der Waals surface area contributed by atoms with E-state index in [2.05, 4.69) is 21.2 Å². The smallest absolute Gasteiger partial charge is 0.315 e. The van der Waals surface area contributed by atoms with Gasteiger partial charge in [0, 0.05) is 0 Å². The summed E-state index contributed by atoms with van der Waals surface area (Å²) in [7, 11) is 1.80. The minimum Gasteiger partial charge on any atom is -0.486 e. The molecule has 7 heteroatoms. The summed E-state index contributed by atoms with van der Waals surface area (Å²) in [5.74, 6) is -0.612. The Balaban J connectivity index is 2.85. The van der Waals surface area contributed by atoms with Crippen molar-refractivity contribution in [3.63, 3.8) is 0 Å². The molecule has 0 spiro atoms. The highest BCUT2D eigenvalue weighted by Gasteiger charge is 2.20. The summed E-state index contributed by atoms with van der Waals surface area (Å²) in [6.45, 7) is 1.07. The molecule has 0 amide bonds. The van der Waals surface area contributed by atoms with Crippen molar-refractivity contribution in [2.45, 2.75) is 6.42 Å². The zero-order valence-electron chi connectivity index (χ0n) is 9.20. The zero-order chi connectivity index (χ0) is 12.8. The second-order valence-corrected chi connectivity index (χ2v) is 4.15. The van der Waals surface area contributed by atoms with Crippen molar-refractivity contribution in [3.8, 4) is 5.75 Å². The topological polar surface area (TPSA) is 64.4 Å². The molecular weight excluding hydrogens is 295 g/mol. The van der Waals surface area contributed by atoms with Gasteiger partial charge in [0.25, 0.3) is 0 Å². The molecule has 0 bridgehead atoms. The van der Waals surface area contributed by atoms with Gasteiger partial charge in [0.05, 0.1) is 22.1 Å². The third-order valence-electron chi connectivity index (χ3n) is 2.00. The second kappa shape index (κ2) is 6.51. The van der Waals surface area contributed by atoms with Crippen molar-refractivity contribution in [3.05, 3.63) is 32.5 Å². The van der Waals surface area contributed by atoms with Crippen molar-refractivity contribution in [1.82, 2.24) is 5.32 Å². The lowest BCUT2D eigenvalue weighted by Crippen LogP contribution is -2.12. The molecule has 0 aliphatic rings. The summed E-state index contributed by atoms with van der Waals surface area (Å²) in [4.78, 5) is 10.1. The first-order chi connectivity index (χ1) is 8.06. The van der Waals surface area contributed by atoms with Crippen molar-refractivity contribution in [1.29, 1.82) is 0 Å². The van der Waals surface area contributed by atoms with Gasteiger partial charge in [-0.05, 0) is 42.0 Å². The van der Waals surface area contributed by atoms with E-state index >= 15 is 0 Å². The maximum Gasteiger partial charge on any atom is 0.315 e. The van der Waals surface area contributed by atoms with Gasteiger partial charge in [0.1, 0.15) is 5.82 Å². The van der Waals surface area contributed by atoms with Gasteiger partial charge in [0.15, 0.2) is 0 Å². The summed E-state index contributed by atoms with van der Waals surface area (Å²) in [6.07, 6.45) is 0.706. The number of nitro groups is 1. The van der Waals surface area contributed by atoms with E-state index in [4.69, 9.17) is 4.74 Å². The number of hydrogen-bond donors (Lipinski definition) is 1. The Morgan fingerprint density at radius 3 is 2.88 bits per heavy atom. The molecule has 0 saturated carbocycles. The van der Waals surface area contributed by atoms with Crippen LogP contribution in [0.15, 0.2) is 16.6 Å². The Hall–Kier alpha value is -1.21. The van der Waals surface area contributed by atoms with Gasteiger partial charge < -0.3 is 10.1 Å². The molecule has 17 heavy (non-hydrogen) atoms. The average Bonchev–Trinajstić information content (AvgIpc) is 2.25. The van der Waals surface area contributed by atoms with E-state index in [0.717, 1.165) is 18.7 Å². The van der Waals surface area contributed by atoms with Crippen molar-refractivity contribution < 1.29 is 14.1 Å². The lowest BCUT2D eigenvalue weighted by Gasteiger charge is -2.08. The van der Waals surface area contributed by atoms with Crippen LogP contribution in [0.1, 0.15) is 6.42 Å². The molecule has 0 atom stereocenters. The first kappa shape index (κ1) is 13.9. The van der Waals surface area contributed by atoms with Gasteiger partial charge in [0.2, 0.25) is 5.75 Å². The molecule has 0 saturated heterocycles. The molecule has 0 aliphatic carbocycles. The molecule has 1 rings (SSSR count). The van der Waals surface area contributed by atoms with Crippen LogP contribution in [0.25, 0.3) is 0 Å². The van der Waals surface area contributed by atoms with E-state index in [-0.39, 0.29) is 15.9 Å². The molecule has 1 aromatic rings. The molecule has 94 valence electrons. The Bertz CT molecular complexity index is 415. The third kappa shape index (κ3) is 3.94. The van der Waals surface area contributed by atoms with Crippen LogP contribution in [-0.4, -0.2) is 25.1 Å². The second-order valence-electron chi connectivity index (χ2n) is 3.30. The zero-order valence-corrected chi connectivity index (χ0v) is 10.8. The molecule has 1 N–H and O–H groups in total. The van der Waals surface area contributed by atoms with Crippen LogP contribution in [0, 0.1) is 15.9 Å². The molecule has 0 unspecified atom stereocenters. The van der Waals surface area contributed by atoms with E-state index in [1.165, 1.54) is 0 Å². The minimum atomic E-state index is -0.675. The van der Waals surface area contributed by atoms with Gasteiger partial charge in [-0.2, -0.15) is 0 Å². The fourth-order valence-corrected chi connectivity index (χ4v) is 1.78. The molecule has 0 heterocycles. The monoisotopic (exact) mass is 306 g/mol. The number of hydrogen-bond acceptors (Lipinski definition) is 4.